The molecule has 2 rings (SSSR count). The number of nitrogens with one attached hydrogen (secondary N) is 1. The fraction of sp³-hybridized carbons (Fsp3) is 0.350. The number of hydrogen-bond donors (Lipinski definition) is 1. The summed E-state index contributed by atoms with van der Waals surface area (Å²) in [6.07, 6.45) is 0.900. The van der Waals surface area contributed by atoms with E-state index in [-0.39, 0.29) is 11.9 Å². The van der Waals surface area contributed by atoms with Crippen LogP contribution in [0.15, 0.2) is 48.5 Å². The van der Waals surface area contributed by atoms with Crippen molar-refractivity contribution in [3.8, 4) is 0 Å². The molecule has 23 heavy (non-hydrogen) atoms. The zero-order valence-electron chi connectivity index (χ0n) is 14.1. The Balaban J connectivity index is 1.80. The molecule has 2 nitrogen and oxygen atoms in total. The zero-order valence-corrected chi connectivity index (χ0v) is 15.0. The van der Waals surface area contributed by atoms with Crippen LogP contribution in [0.3, 0.4) is 0 Å². The molecule has 1 N–H and O–H groups in total. The van der Waals surface area contributed by atoms with E-state index in [0.29, 0.717) is 5.75 Å². The van der Waals surface area contributed by atoms with E-state index in [1.165, 1.54) is 22.3 Å². The molecule has 0 saturated heterocycles. The van der Waals surface area contributed by atoms with Gasteiger partial charge in [-0.2, -0.15) is 0 Å². The number of aryl methyl sites for hydroxylation is 2. The topological polar surface area (TPSA) is 29.1 Å². The molecule has 2 aromatic carbocycles. The van der Waals surface area contributed by atoms with Gasteiger partial charge in [0, 0.05) is 5.75 Å². The molecule has 0 radical (unpaired) electrons. The molecule has 0 aliphatic heterocycles. The van der Waals surface area contributed by atoms with Crippen LogP contribution in [-0.2, 0) is 10.5 Å². The second kappa shape index (κ2) is 8.78. The minimum absolute atomic E-state index is 0.100. The van der Waals surface area contributed by atoms with Gasteiger partial charge in [0.1, 0.15) is 0 Å². The summed E-state index contributed by atoms with van der Waals surface area (Å²) in [5.41, 5.74) is 4.94. The smallest absolute Gasteiger partial charge is 0.230 e. The standard InChI is InChI=1S/C20H25NOS/c1-4-19(18-11-7-16(3)8-12-18)21-20(22)14-23-13-17-9-5-15(2)6-10-17/h5-12,19H,4,13-14H2,1-3H3,(H,21,22). The quantitative estimate of drug-likeness (QED) is 0.791. The Kier molecular flexibility index (Phi) is 6.72. The normalized spacial score (nSPS) is 12.0. The summed E-state index contributed by atoms with van der Waals surface area (Å²) in [5, 5.41) is 3.14. The van der Waals surface area contributed by atoms with Gasteiger partial charge in [0.25, 0.3) is 0 Å². The van der Waals surface area contributed by atoms with Crippen molar-refractivity contribution in [2.75, 3.05) is 5.75 Å². The second-order valence-electron chi connectivity index (χ2n) is 5.92. The highest BCUT2D eigenvalue weighted by Crippen LogP contribution is 2.18. The van der Waals surface area contributed by atoms with Crippen LogP contribution in [0.2, 0.25) is 0 Å². The largest absolute Gasteiger partial charge is 0.349 e. The molecule has 1 atom stereocenters. The van der Waals surface area contributed by atoms with E-state index in [1.807, 2.05) is 0 Å². The Bertz CT molecular complexity index is 619. The molecule has 0 saturated carbocycles. The first-order valence-electron chi connectivity index (χ1n) is 8.07. The summed E-state index contributed by atoms with van der Waals surface area (Å²) < 4.78 is 0. The van der Waals surface area contributed by atoms with Crippen LogP contribution in [0, 0.1) is 13.8 Å². The van der Waals surface area contributed by atoms with E-state index >= 15 is 0 Å². The minimum atomic E-state index is 0.100. The predicted molar refractivity (Wildman–Crippen MR) is 99.7 cm³/mol. The maximum atomic E-state index is 12.2. The fourth-order valence-electron chi connectivity index (χ4n) is 2.40. The molecular formula is C20H25NOS. The highest BCUT2D eigenvalue weighted by molar-refractivity contribution is 7.99. The van der Waals surface area contributed by atoms with Crippen LogP contribution >= 0.6 is 11.8 Å². The first-order valence-corrected chi connectivity index (χ1v) is 9.23. The highest BCUT2D eigenvalue weighted by Gasteiger charge is 2.12. The summed E-state index contributed by atoms with van der Waals surface area (Å²) in [6.45, 7) is 6.26. The Morgan fingerprint density at radius 2 is 1.57 bits per heavy atom. The van der Waals surface area contributed by atoms with Crippen molar-refractivity contribution in [1.82, 2.24) is 5.32 Å². The monoisotopic (exact) mass is 327 g/mol. The number of amides is 1. The van der Waals surface area contributed by atoms with Gasteiger partial charge in [0.2, 0.25) is 5.91 Å². The van der Waals surface area contributed by atoms with Crippen molar-refractivity contribution in [2.45, 2.75) is 39.0 Å². The first kappa shape index (κ1) is 17.6. The number of carbonyl (C=O) groups is 1. The summed E-state index contributed by atoms with van der Waals surface area (Å²) in [6, 6.07) is 17.0. The van der Waals surface area contributed by atoms with Crippen molar-refractivity contribution in [3.63, 3.8) is 0 Å². The average Bonchev–Trinajstić information content (AvgIpc) is 2.55. The first-order chi connectivity index (χ1) is 11.1. The van der Waals surface area contributed by atoms with Gasteiger partial charge in [-0.3, -0.25) is 4.79 Å². The fourth-order valence-corrected chi connectivity index (χ4v) is 3.20. The van der Waals surface area contributed by atoms with Crippen molar-refractivity contribution in [3.05, 3.63) is 70.8 Å². The molecule has 0 aromatic heterocycles. The van der Waals surface area contributed by atoms with Crippen LogP contribution in [0.4, 0.5) is 0 Å². The Morgan fingerprint density at radius 3 is 2.13 bits per heavy atom. The van der Waals surface area contributed by atoms with Crippen LogP contribution in [-0.4, -0.2) is 11.7 Å². The molecule has 0 aliphatic rings. The molecule has 0 fully saturated rings. The van der Waals surface area contributed by atoms with Gasteiger partial charge < -0.3 is 5.32 Å². The van der Waals surface area contributed by atoms with Crippen molar-refractivity contribution >= 4 is 17.7 Å². The predicted octanol–water partition coefficient (Wildman–Crippen LogP) is 4.80. The third-order valence-corrected chi connectivity index (χ3v) is 4.85. The Hall–Kier alpha value is -1.74. The SMILES string of the molecule is CCC(NC(=O)CSCc1ccc(C)cc1)c1ccc(C)cc1. The number of thioether (sulfide) groups is 1. The van der Waals surface area contributed by atoms with Gasteiger partial charge in [-0.05, 0) is 31.4 Å². The maximum Gasteiger partial charge on any atom is 0.230 e. The molecule has 0 bridgehead atoms. The number of benzene rings is 2. The summed E-state index contributed by atoms with van der Waals surface area (Å²) >= 11 is 1.66. The van der Waals surface area contributed by atoms with Gasteiger partial charge in [0.05, 0.1) is 11.8 Å². The van der Waals surface area contributed by atoms with E-state index in [2.05, 4.69) is 74.6 Å². The van der Waals surface area contributed by atoms with Gasteiger partial charge in [-0.25, -0.2) is 0 Å². The Labute approximate surface area is 143 Å². The lowest BCUT2D eigenvalue weighted by atomic mass is 10.0. The summed E-state index contributed by atoms with van der Waals surface area (Å²) in [5.74, 6) is 1.47. The number of rotatable bonds is 7. The van der Waals surface area contributed by atoms with Crippen molar-refractivity contribution in [1.29, 1.82) is 0 Å². The molecule has 0 spiro atoms. The minimum Gasteiger partial charge on any atom is -0.349 e. The van der Waals surface area contributed by atoms with Crippen LogP contribution in [0.25, 0.3) is 0 Å². The molecule has 0 heterocycles. The van der Waals surface area contributed by atoms with Crippen LogP contribution in [0.1, 0.15) is 41.6 Å². The lowest BCUT2D eigenvalue weighted by molar-refractivity contribution is -0.119. The Morgan fingerprint density at radius 1 is 1.00 bits per heavy atom. The van der Waals surface area contributed by atoms with Gasteiger partial charge in [0.15, 0.2) is 0 Å². The van der Waals surface area contributed by atoms with E-state index < -0.39 is 0 Å². The van der Waals surface area contributed by atoms with E-state index in [1.54, 1.807) is 11.8 Å². The van der Waals surface area contributed by atoms with Gasteiger partial charge in [-0.1, -0.05) is 66.6 Å². The average molecular weight is 327 g/mol. The van der Waals surface area contributed by atoms with Crippen LogP contribution in [0.5, 0.6) is 0 Å². The van der Waals surface area contributed by atoms with E-state index in [9.17, 15) is 4.79 Å². The number of carbonyl (C=O) groups excluding carboxylic acids is 1. The molecule has 0 aliphatic carbocycles. The van der Waals surface area contributed by atoms with Crippen LogP contribution < -0.4 is 5.32 Å². The molecule has 2 aromatic rings. The van der Waals surface area contributed by atoms with E-state index in [0.717, 1.165) is 12.2 Å². The van der Waals surface area contributed by atoms with Crippen molar-refractivity contribution in [2.24, 2.45) is 0 Å². The summed E-state index contributed by atoms with van der Waals surface area (Å²) in [4.78, 5) is 12.2. The molecular weight excluding hydrogens is 302 g/mol. The van der Waals surface area contributed by atoms with Gasteiger partial charge >= 0.3 is 0 Å². The molecule has 1 amide bonds. The highest BCUT2D eigenvalue weighted by atomic mass is 32.2. The lowest BCUT2D eigenvalue weighted by Crippen LogP contribution is -2.29. The molecule has 122 valence electrons. The molecule has 1 unspecified atom stereocenters. The van der Waals surface area contributed by atoms with Crippen molar-refractivity contribution < 1.29 is 4.79 Å². The summed E-state index contributed by atoms with van der Waals surface area (Å²) in [7, 11) is 0. The van der Waals surface area contributed by atoms with Gasteiger partial charge in [-0.15, -0.1) is 11.8 Å². The maximum absolute atomic E-state index is 12.2. The second-order valence-corrected chi connectivity index (χ2v) is 6.90. The lowest BCUT2D eigenvalue weighted by Gasteiger charge is -2.17. The number of hydrogen-bond acceptors (Lipinski definition) is 2. The zero-order chi connectivity index (χ0) is 16.7. The van der Waals surface area contributed by atoms with E-state index in [4.69, 9.17) is 0 Å². The molecule has 3 heteroatoms. The third kappa shape index (κ3) is 5.76. The third-order valence-electron chi connectivity index (χ3n) is 3.85.